The Labute approximate surface area is 119 Å². The first-order chi connectivity index (χ1) is 9.58. The third-order valence-electron chi connectivity index (χ3n) is 3.26. The number of carboxylic acids is 1. The van der Waals surface area contributed by atoms with Gasteiger partial charge in [0.2, 0.25) is 0 Å². The van der Waals surface area contributed by atoms with Crippen molar-refractivity contribution in [3.8, 4) is 0 Å². The predicted molar refractivity (Wildman–Crippen MR) is 72.1 cm³/mol. The van der Waals surface area contributed by atoms with Gasteiger partial charge in [0.05, 0.1) is 0 Å². The summed E-state index contributed by atoms with van der Waals surface area (Å²) in [7, 11) is 0. The maximum Gasteiger partial charge on any atom is 0.327 e. The number of fused-ring (bicyclic) bond motifs is 1. The Kier molecular flexibility index (Phi) is 2.99. The first-order valence-corrected chi connectivity index (χ1v) is 6.35. The molecule has 1 aliphatic heterocycles. The number of carbonyl (C=O) groups is 2. The molecule has 0 aliphatic carbocycles. The molecule has 102 valence electrons. The van der Waals surface area contributed by atoms with Crippen LogP contribution in [0.3, 0.4) is 0 Å². The number of carboxylic acid groups (broad SMARTS) is 1. The van der Waals surface area contributed by atoms with E-state index < -0.39 is 17.9 Å². The predicted octanol–water partition coefficient (Wildman–Crippen LogP) is 2.59. The average molecular weight is 292 g/mol. The van der Waals surface area contributed by atoms with E-state index in [1.54, 1.807) is 12.1 Å². The Morgan fingerprint density at radius 1 is 1.25 bits per heavy atom. The first-order valence-electron chi connectivity index (χ1n) is 5.97. The fraction of sp³-hybridized carbons (Fsp3) is 0.143. The number of hydrogen-bond acceptors (Lipinski definition) is 3. The van der Waals surface area contributed by atoms with Gasteiger partial charge in [0.1, 0.15) is 6.04 Å². The van der Waals surface area contributed by atoms with Crippen molar-refractivity contribution < 1.29 is 19.1 Å². The van der Waals surface area contributed by atoms with Crippen molar-refractivity contribution in [2.45, 2.75) is 12.5 Å². The minimum absolute atomic E-state index is 0.0259. The van der Waals surface area contributed by atoms with Gasteiger partial charge in [0, 0.05) is 12.1 Å². The quantitative estimate of drug-likeness (QED) is 0.923. The lowest BCUT2D eigenvalue weighted by Gasteiger charge is -2.21. The van der Waals surface area contributed by atoms with Crippen LogP contribution >= 0.6 is 11.6 Å². The molecular formula is C14H10ClNO4. The van der Waals surface area contributed by atoms with E-state index in [9.17, 15) is 14.7 Å². The normalized spacial score (nSPS) is 17.1. The van der Waals surface area contributed by atoms with Crippen LogP contribution < -0.4 is 4.90 Å². The van der Waals surface area contributed by atoms with E-state index in [2.05, 4.69) is 0 Å². The van der Waals surface area contributed by atoms with Gasteiger partial charge >= 0.3 is 5.97 Å². The third kappa shape index (κ3) is 1.96. The van der Waals surface area contributed by atoms with Crippen LogP contribution in [0.1, 0.15) is 16.1 Å². The van der Waals surface area contributed by atoms with Crippen LogP contribution in [0.15, 0.2) is 40.8 Å². The summed E-state index contributed by atoms with van der Waals surface area (Å²) in [6, 6.07) is 9.07. The van der Waals surface area contributed by atoms with E-state index in [1.807, 2.05) is 12.1 Å². The number of amides is 1. The summed E-state index contributed by atoms with van der Waals surface area (Å²) < 4.78 is 5.08. The molecule has 3 rings (SSSR count). The Balaban J connectivity index is 2.04. The number of furan rings is 1. The molecule has 0 spiro atoms. The van der Waals surface area contributed by atoms with Crippen molar-refractivity contribution in [1.82, 2.24) is 0 Å². The van der Waals surface area contributed by atoms with E-state index in [0.29, 0.717) is 5.69 Å². The van der Waals surface area contributed by atoms with Crippen molar-refractivity contribution in [3.63, 3.8) is 0 Å². The zero-order valence-electron chi connectivity index (χ0n) is 10.2. The Morgan fingerprint density at radius 3 is 2.65 bits per heavy atom. The lowest BCUT2D eigenvalue weighted by atomic mass is 10.1. The SMILES string of the molecule is O=C(O)C1Cc2ccccc2N1C(=O)c1ccc(Cl)o1. The molecule has 0 radical (unpaired) electrons. The van der Waals surface area contributed by atoms with Gasteiger partial charge in [-0.15, -0.1) is 0 Å². The average Bonchev–Trinajstić information content (AvgIpc) is 3.01. The molecule has 2 aromatic rings. The maximum atomic E-state index is 12.4. The first kappa shape index (κ1) is 12.7. The number of hydrogen-bond donors (Lipinski definition) is 1. The molecule has 6 heteroatoms. The van der Waals surface area contributed by atoms with E-state index in [-0.39, 0.29) is 17.4 Å². The number of aliphatic carboxylic acids is 1. The number of benzene rings is 1. The Morgan fingerprint density at radius 2 is 2.00 bits per heavy atom. The second kappa shape index (κ2) is 4.68. The van der Waals surface area contributed by atoms with Crippen molar-refractivity contribution in [2.24, 2.45) is 0 Å². The monoisotopic (exact) mass is 291 g/mol. The van der Waals surface area contributed by atoms with Crippen LogP contribution in [0.25, 0.3) is 0 Å². The van der Waals surface area contributed by atoms with Crippen molar-refractivity contribution >= 4 is 29.2 Å². The molecule has 5 nitrogen and oxygen atoms in total. The second-order valence-electron chi connectivity index (χ2n) is 4.47. The summed E-state index contributed by atoms with van der Waals surface area (Å²) in [5.41, 5.74) is 1.42. The number of rotatable bonds is 2. The standard InChI is InChI=1S/C14H10ClNO4/c15-12-6-5-11(20-12)13(17)16-9-4-2-1-3-8(9)7-10(16)14(18)19/h1-6,10H,7H2,(H,18,19). The molecule has 0 saturated heterocycles. The summed E-state index contributed by atoms with van der Waals surface area (Å²) in [4.78, 5) is 25.1. The molecule has 1 aromatic heterocycles. The van der Waals surface area contributed by atoms with Crippen LogP contribution in [0, 0.1) is 0 Å². The van der Waals surface area contributed by atoms with Gasteiger partial charge in [-0.2, -0.15) is 0 Å². The van der Waals surface area contributed by atoms with Gasteiger partial charge in [-0.05, 0) is 35.4 Å². The molecule has 20 heavy (non-hydrogen) atoms. The van der Waals surface area contributed by atoms with Gasteiger partial charge in [-0.3, -0.25) is 9.69 Å². The van der Waals surface area contributed by atoms with E-state index >= 15 is 0 Å². The summed E-state index contributed by atoms with van der Waals surface area (Å²) in [5.74, 6) is -1.53. The molecule has 0 bridgehead atoms. The molecule has 0 fully saturated rings. The largest absolute Gasteiger partial charge is 0.480 e. The highest BCUT2D eigenvalue weighted by atomic mass is 35.5. The molecule has 0 saturated carbocycles. The van der Waals surface area contributed by atoms with Gasteiger partial charge in [0.15, 0.2) is 11.0 Å². The molecule has 1 unspecified atom stereocenters. The Hall–Kier alpha value is -2.27. The van der Waals surface area contributed by atoms with Gasteiger partial charge in [0.25, 0.3) is 5.91 Å². The van der Waals surface area contributed by atoms with Gasteiger partial charge < -0.3 is 9.52 Å². The summed E-state index contributed by atoms with van der Waals surface area (Å²) in [6.45, 7) is 0. The van der Waals surface area contributed by atoms with E-state index in [4.69, 9.17) is 16.0 Å². The van der Waals surface area contributed by atoms with Crippen molar-refractivity contribution in [3.05, 3.63) is 52.9 Å². The highest BCUT2D eigenvalue weighted by Crippen LogP contribution is 2.33. The highest BCUT2D eigenvalue weighted by molar-refractivity contribution is 6.29. The van der Waals surface area contributed by atoms with Crippen LogP contribution in [0.2, 0.25) is 5.22 Å². The van der Waals surface area contributed by atoms with Crippen molar-refractivity contribution in [2.75, 3.05) is 4.90 Å². The van der Waals surface area contributed by atoms with Crippen LogP contribution in [0.5, 0.6) is 0 Å². The molecule has 1 aliphatic rings. The minimum Gasteiger partial charge on any atom is -0.480 e. The summed E-state index contributed by atoms with van der Waals surface area (Å²) >= 11 is 5.66. The van der Waals surface area contributed by atoms with E-state index in [0.717, 1.165) is 5.56 Å². The number of nitrogens with zero attached hydrogens (tertiary/aromatic N) is 1. The number of para-hydroxylation sites is 1. The molecule has 1 aromatic carbocycles. The van der Waals surface area contributed by atoms with Gasteiger partial charge in [-0.1, -0.05) is 18.2 Å². The zero-order valence-corrected chi connectivity index (χ0v) is 11.0. The zero-order chi connectivity index (χ0) is 14.3. The third-order valence-corrected chi connectivity index (χ3v) is 3.47. The number of halogens is 1. The fourth-order valence-electron chi connectivity index (χ4n) is 2.38. The van der Waals surface area contributed by atoms with Crippen LogP contribution in [-0.2, 0) is 11.2 Å². The maximum absolute atomic E-state index is 12.4. The topological polar surface area (TPSA) is 70.8 Å². The molecular weight excluding hydrogens is 282 g/mol. The Bertz CT molecular complexity index is 694. The summed E-state index contributed by atoms with van der Waals surface area (Å²) in [5, 5.41) is 9.40. The molecule has 1 amide bonds. The lowest BCUT2D eigenvalue weighted by molar-refractivity contribution is -0.138. The number of carbonyl (C=O) groups excluding carboxylic acids is 1. The van der Waals surface area contributed by atoms with Gasteiger partial charge in [-0.25, -0.2) is 4.79 Å². The summed E-state index contributed by atoms with van der Waals surface area (Å²) in [6.07, 6.45) is 0.283. The molecule has 2 heterocycles. The van der Waals surface area contributed by atoms with E-state index in [1.165, 1.54) is 17.0 Å². The van der Waals surface area contributed by atoms with Crippen LogP contribution in [0.4, 0.5) is 5.69 Å². The van der Waals surface area contributed by atoms with Crippen LogP contribution in [-0.4, -0.2) is 23.0 Å². The smallest absolute Gasteiger partial charge is 0.327 e. The van der Waals surface area contributed by atoms with Crippen molar-refractivity contribution in [1.29, 1.82) is 0 Å². The second-order valence-corrected chi connectivity index (χ2v) is 4.84. The highest BCUT2D eigenvalue weighted by Gasteiger charge is 2.39. The minimum atomic E-state index is -1.05. The lowest BCUT2D eigenvalue weighted by Crippen LogP contribution is -2.42. The molecule has 1 N–H and O–H groups in total. The molecule has 1 atom stereocenters. The fourth-order valence-corrected chi connectivity index (χ4v) is 2.53. The number of anilines is 1.